The van der Waals surface area contributed by atoms with Crippen molar-refractivity contribution in [1.82, 2.24) is 4.98 Å². The molecule has 3 aromatic rings. The summed E-state index contributed by atoms with van der Waals surface area (Å²) in [6, 6.07) is 9.21. The summed E-state index contributed by atoms with van der Waals surface area (Å²) in [7, 11) is 0. The third-order valence-electron chi connectivity index (χ3n) is 4.46. The molecule has 1 unspecified atom stereocenters. The van der Waals surface area contributed by atoms with E-state index >= 15 is 0 Å². The van der Waals surface area contributed by atoms with Crippen LogP contribution in [-0.4, -0.2) is 24.7 Å². The van der Waals surface area contributed by atoms with Crippen LogP contribution in [0.1, 0.15) is 22.1 Å². The summed E-state index contributed by atoms with van der Waals surface area (Å²) in [6.45, 7) is 3.68. The van der Waals surface area contributed by atoms with E-state index in [9.17, 15) is 9.65 Å². The second kappa shape index (κ2) is 6.43. The Balaban J connectivity index is 1.83. The summed E-state index contributed by atoms with van der Waals surface area (Å²) in [6.07, 6.45) is 1.54. The van der Waals surface area contributed by atoms with Gasteiger partial charge in [0.1, 0.15) is 18.0 Å². The Kier molecular flexibility index (Phi) is 4.12. The smallest absolute Gasteiger partial charge is 0.124 e. The number of hydrogen-bond donors (Lipinski definition) is 0. The van der Waals surface area contributed by atoms with E-state index < -0.39 is 0 Å². The number of nitriles is 1. The van der Waals surface area contributed by atoms with Crippen LogP contribution < -0.4 is 4.90 Å². The summed E-state index contributed by atoms with van der Waals surface area (Å²) in [5.74, 6) is -0.314. The minimum absolute atomic E-state index is 0.0434. The Hall–Kier alpha value is -2.49. The minimum Gasteiger partial charge on any atom is -0.369 e. The van der Waals surface area contributed by atoms with Crippen molar-refractivity contribution in [3.63, 3.8) is 0 Å². The number of fused-ring (bicyclic) bond motifs is 1. The van der Waals surface area contributed by atoms with Crippen molar-refractivity contribution in [1.29, 1.82) is 5.26 Å². The maximum Gasteiger partial charge on any atom is 0.124 e. The standard InChI is InChI=1S/C19H16FN3OS/c1-12-7-14(20)8-15-18(12)22-10-13(9-21)19(15)23-4-5-24-16(11-23)17-3-2-6-25-17/h2-3,6-8,10,16H,4-5,11H2,1H3. The number of nitrogens with zero attached hydrogens (tertiary/aromatic N) is 3. The molecule has 0 amide bonds. The van der Waals surface area contributed by atoms with Crippen molar-refractivity contribution in [2.24, 2.45) is 0 Å². The van der Waals surface area contributed by atoms with Crippen molar-refractivity contribution in [2.45, 2.75) is 13.0 Å². The lowest BCUT2D eigenvalue weighted by atomic mass is 10.0. The molecule has 1 fully saturated rings. The van der Waals surface area contributed by atoms with Gasteiger partial charge in [0, 0.05) is 29.5 Å². The van der Waals surface area contributed by atoms with E-state index in [0.29, 0.717) is 30.6 Å². The average Bonchev–Trinajstić information content (AvgIpc) is 3.15. The zero-order valence-corrected chi connectivity index (χ0v) is 14.5. The van der Waals surface area contributed by atoms with Crippen LogP contribution in [0.15, 0.2) is 35.8 Å². The zero-order chi connectivity index (χ0) is 17.4. The van der Waals surface area contributed by atoms with E-state index in [0.717, 1.165) is 21.6 Å². The van der Waals surface area contributed by atoms with Crippen LogP contribution in [0.4, 0.5) is 10.1 Å². The predicted octanol–water partition coefficient (Wildman–Crippen LogP) is 4.19. The summed E-state index contributed by atoms with van der Waals surface area (Å²) in [4.78, 5) is 7.65. The first-order valence-corrected chi connectivity index (χ1v) is 8.94. The predicted molar refractivity (Wildman–Crippen MR) is 96.4 cm³/mol. The molecule has 1 aliphatic heterocycles. The molecule has 126 valence electrons. The van der Waals surface area contributed by atoms with Crippen LogP contribution >= 0.6 is 11.3 Å². The third kappa shape index (κ3) is 2.86. The van der Waals surface area contributed by atoms with Gasteiger partial charge in [-0.15, -0.1) is 11.3 Å². The van der Waals surface area contributed by atoms with Crippen molar-refractivity contribution in [2.75, 3.05) is 24.6 Å². The number of hydrogen-bond acceptors (Lipinski definition) is 5. The Morgan fingerprint density at radius 1 is 1.44 bits per heavy atom. The number of benzene rings is 1. The summed E-state index contributed by atoms with van der Waals surface area (Å²) < 4.78 is 19.9. The highest BCUT2D eigenvalue weighted by molar-refractivity contribution is 7.10. The molecule has 4 rings (SSSR count). The molecule has 0 spiro atoms. The maximum absolute atomic E-state index is 14.0. The second-order valence-electron chi connectivity index (χ2n) is 6.07. The van der Waals surface area contributed by atoms with E-state index in [1.54, 1.807) is 17.5 Å². The molecule has 1 aliphatic rings. The minimum atomic E-state index is -0.314. The molecule has 0 radical (unpaired) electrons. The van der Waals surface area contributed by atoms with Crippen molar-refractivity contribution >= 4 is 27.9 Å². The summed E-state index contributed by atoms with van der Waals surface area (Å²) >= 11 is 1.66. The molecule has 0 bridgehead atoms. The lowest BCUT2D eigenvalue weighted by Crippen LogP contribution is -2.38. The number of ether oxygens (including phenoxy) is 1. The number of aromatic nitrogens is 1. The Morgan fingerprint density at radius 2 is 2.32 bits per heavy atom. The van der Waals surface area contributed by atoms with Gasteiger partial charge in [-0.05, 0) is 36.1 Å². The van der Waals surface area contributed by atoms with Crippen molar-refractivity contribution < 1.29 is 9.13 Å². The number of halogens is 1. The quantitative estimate of drug-likeness (QED) is 0.693. The molecular formula is C19H16FN3OS. The molecular weight excluding hydrogens is 337 g/mol. The number of aryl methyl sites for hydroxylation is 1. The Bertz CT molecular complexity index is 965. The summed E-state index contributed by atoms with van der Waals surface area (Å²) in [5.41, 5.74) is 2.71. The van der Waals surface area contributed by atoms with Gasteiger partial charge >= 0.3 is 0 Å². The second-order valence-corrected chi connectivity index (χ2v) is 7.05. The first-order chi connectivity index (χ1) is 12.2. The van der Waals surface area contributed by atoms with Crippen LogP contribution in [0.25, 0.3) is 10.9 Å². The normalized spacial score (nSPS) is 17.6. The van der Waals surface area contributed by atoms with Crippen LogP contribution in [0.3, 0.4) is 0 Å². The monoisotopic (exact) mass is 353 g/mol. The first kappa shape index (κ1) is 16.0. The highest BCUT2D eigenvalue weighted by Gasteiger charge is 2.26. The molecule has 2 aromatic heterocycles. The van der Waals surface area contributed by atoms with E-state index in [4.69, 9.17) is 4.74 Å². The van der Waals surface area contributed by atoms with Crippen LogP contribution in [-0.2, 0) is 4.74 Å². The van der Waals surface area contributed by atoms with Crippen LogP contribution in [0.5, 0.6) is 0 Å². The average molecular weight is 353 g/mol. The third-order valence-corrected chi connectivity index (χ3v) is 5.43. The van der Waals surface area contributed by atoms with E-state index in [1.165, 1.54) is 12.1 Å². The van der Waals surface area contributed by atoms with E-state index in [2.05, 4.69) is 22.0 Å². The van der Waals surface area contributed by atoms with Gasteiger partial charge in [0.25, 0.3) is 0 Å². The lowest BCUT2D eigenvalue weighted by Gasteiger charge is -2.35. The molecule has 1 atom stereocenters. The van der Waals surface area contributed by atoms with Gasteiger partial charge in [0.15, 0.2) is 0 Å². The van der Waals surface area contributed by atoms with Crippen LogP contribution in [0, 0.1) is 24.1 Å². The van der Waals surface area contributed by atoms with Crippen LogP contribution in [0.2, 0.25) is 0 Å². The molecule has 6 heteroatoms. The Labute approximate surface area is 149 Å². The molecule has 3 heterocycles. The molecule has 25 heavy (non-hydrogen) atoms. The first-order valence-electron chi connectivity index (χ1n) is 8.06. The van der Waals surface area contributed by atoms with Gasteiger partial charge in [-0.25, -0.2) is 4.39 Å². The number of thiophene rings is 1. The lowest BCUT2D eigenvalue weighted by molar-refractivity contribution is 0.0422. The van der Waals surface area contributed by atoms with Gasteiger partial charge in [-0.3, -0.25) is 4.98 Å². The number of pyridine rings is 1. The van der Waals surface area contributed by atoms with Gasteiger partial charge in [0.05, 0.1) is 23.4 Å². The number of morpholine rings is 1. The fraction of sp³-hybridized carbons (Fsp3) is 0.263. The molecule has 0 saturated carbocycles. The SMILES string of the molecule is Cc1cc(F)cc2c(N3CCOC(c4cccs4)C3)c(C#N)cnc12. The molecule has 1 aromatic carbocycles. The zero-order valence-electron chi connectivity index (χ0n) is 13.7. The molecule has 4 nitrogen and oxygen atoms in total. The van der Waals surface area contributed by atoms with Crippen molar-refractivity contribution in [3.05, 3.63) is 57.7 Å². The highest BCUT2D eigenvalue weighted by Crippen LogP contribution is 2.35. The van der Waals surface area contributed by atoms with Gasteiger partial charge in [-0.1, -0.05) is 6.07 Å². The van der Waals surface area contributed by atoms with Gasteiger partial charge in [-0.2, -0.15) is 5.26 Å². The van der Waals surface area contributed by atoms with Gasteiger partial charge in [0.2, 0.25) is 0 Å². The summed E-state index contributed by atoms with van der Waals surface area (Å²) in [5, 5.41) is 12.3. The van der Waals surface area contributed by atoms with E-state index in [1.807, 2.05) is 18.4 Å². The Morgan fingerprint density at radius 3 is 3.08 bits per heavy atom. The topological polar surface area (TPSA) is 49.1 Å². The van der Waals surface area contributed by atoms with E-state index in [-0.39, 0.29) is 11.9 Å². The fourth-order valence-corrected chi connectivity index (χ4v) is 4.11. The molecule has 1 saturated heterocycles. The highest BCUT2D eigenvalue weighted by atomic mass is 32.1. The molecule has 0 aliphatic carbocycles. The van der Waals surface area contributed by atoms with Crippen molar-refractivity contribution in [3.8, 4) is 6.07 Å². The number of rotatable bonds is 2. The van der Waals surface area contributed by atoms with Gasteiger partial charge < -0.3 is 9.64 Å². The fourth-order valence-electron chi connectivity index (χ4n) is 3.34. The number of anilines is 1. The maximum atomic E-state index is 14.0. The largest absolute Gasteiger partial charge is 0.369 e. The molecule has 0 N–H and O–H groups in total.